The van der Waals surface area contributed by atoms with E-state index in [1.165, 1.54) is 23.1 Å². The predicted octanol–water partition coefficient (Wildman–Crippen LogP) is 2.03. The van der Waals surface area contributed by atoms with Gasteiger partial charge in [-0.15, -0.1) is 11.3 Å². The number of carbonyl (C=O) groups excluding carboxylic acids is 1. The van der Waals surface area contributed by atoms with E-state index in [9.17, 15) is 4.79 Å². The summed E-state index contributed by atoms with van der Waals surface area (Å²) in [5, 5.41) is 12.7. The van der Waals surface area contributed by atoms with Crippen molar-refractivity contribution >= 4 is 29.2 Å². The fraction of sp³-hybridized carbons (Fsp3) is 0.333. The standard InChI is InChI=1S/C21H26N4OS/c1-13(11-22)19(24-3)16-9-17(27-14(16)2)20(26)25-18-10-21(18,12-23)15-7-5-4-6-8-15/h4-9,11,18,22,24H,10,12,23H2,1-3H3,(H,25,26)/p+1. The molecular weight excluding hydrogens is 356 g/mol. The van der Waals surface area contributed by atoms with Crippen LogP contribution in [0.1, 0.15) is 39.0 Å². The van der Waals surface area contributed by atoms with Crippen molar-refractivity contribution in [2.75, 3.05) is 13.6 Å². The van der Waals surface area contributed by atoms with Crippen LogP contribution in [0, 0.1) is 12.3 Å². The molecule has 142 valence electrons. The Balaban J connectivity index is 1.79. The molecule has 6 heteroatoms. The van der Waals surface area contributed by atoms with Crippen LogP contribution in [0.15, 0.2) is 42.0 Å². The number of allylic oxidation sites excluding steroid dienone is 1. The third-order valence-electron chi connectivity index (χ3n) is 5.46. The van der Waals surface area contributed by atoms with E-state index in [4.69, 9.17) is 11.1 Å². The lowest BCUT2D eigenvalue weighted by Gasteiger charge is -2.16. The monoisotopic (exact) mass is 383 g/mol. The van der Waals surface area contributed by atoms with Crippen LogP contribution in [0.5, 0.6) is 0 Å². The number of amides is 1. The highest BCUT2D eigenvalue weighted by Gasteiger charge is 2.55. The number of carbonyl (C=O) groups is 1. The predicted molar refractivity (Wildman–Crippen MR) is 111 cm³/mol. The summed E-state index contributed by atoms with van der Waals surface area (Å²) in [4.78, 5) is 14.6. The Labute approximate surface area is 164 Å². The van der Waals surface area contributed by atoms with Crippen molar-refractivity contribution in [3.8, 4) is 0 Å². The second-order valence-corrected chi connectivity index (χ2v) is 8.32. The molecule has 1 amide bonds. The van der Waals surface area contributed by atoms with Crippen LogP contribution in [0.2, 0.25) is 0 Å². The van der Waals surface area contributed by atoms with Crippen LogP contribution in [0.25, 0.3) is 5.70 Å². The Hall–Kier alpha value is -2.28. The molecule has 1 fully saturated rings. The molecule has 1 aromatic heterocycles. The van der Waals surface area contributed by atoms with Crippen LogP contribution in [0.4, 0.5) is 0 Å². The summed E-state index contributed by atoms with van der Waals surface area (Å²) in [6.45, 7) is 4.45. The first-order chi connectivity index (χ1) is 13.0. The van der Waals surface area contributed by atoms with Gasteiger partial charge >= 0.3 is 0 Å². The molecule has 0 bridgehead atoms. The van der Waals surface area contributed by atoms with Crippen LogP contribution < -0.4 is 16.4 Å². The molecule has 1 saturated carbocycles. The quantitative estimate of drug-likeness (QED) is 0.551. The van der Waals surface area contributed by atoms with Crippen molar-refractivity contribution in [1.29, 1.82) is 5.41 Å². The van der Waals surface area contributed by atoms with E-state index < -0.39 is 0 Å². The zero-order chi connectivity index (χ0) is 19.6. The van der Waals surface area contributed by atoms with Crippen LogP contribution in [0.3, 0.4) is 0 Å². The largest absolute Gasteiger partial charge is 0.348 e. The zero-order valence-corrected chi connectivity index (χ0v) is 16.8. The number of nitrogens with one attached hydrogen (secondary N) is 2. The number of nitrogens with two attached hydrogens (primary N) is 2. The third kappa shape index (κ3) is 3.60. The van der Waals surface area contributed by atoms with Crippen LogP contribution >= 0.6 is 11.3 Å². The number of rotatable bonds is 7. The molecule has 0 radical (unpaired) electrons. The molecule has 27 heavy (non-hydrogen) atoms. The SMILES string of the molecule is C[NH2+]C(=C(C)C=N)c1cc(C(=O)NC2CC2(CN)c2ccccc2)sc1C. The van der Waals surface area contributed by atoms with Gasteiger partial charge in [0.25, 0.3) is 5.91 Å². The highest BCUT2D eigenvalue weighted by molar-refractivity contribution is 7.14. The summed E-state index contributed by atoms with van der Waals surface area (Å²) in [5.41, 5.74) is 10.0. The van der Waals surface area contributed by atoms with Crippen molar-refractivity contribution in [1.82, 2.24) is 5.32 Å². The van der Waals surface area contributed by atoms with E-state index in [0.29, 0.717) is 11.4 Å². The van der Waals surface area contributed by atoms with Gasteiger partial charge in [0.05, 0.1) is 17.5 Å². The van der Waals surface area contributed by atoms with E-state index in [1.807, 2.05) is 50.5 Å². The molecule has 1 heterocycles. The highest BCUT2D eigenvalue weighted by atomic mass is 32.1. The maximum Gasteiger partial charge on any atom is 0.261 e. The first-order valence-corrected chi connectivity index (χ1v) is 9.96. The van der Waals surface area contributed by atoms with E-state index in [1.54, 1.807) is 0 Å². The minimum atomic E-state index is -0.148. The van der Waals surface area contributed by atoms with Gasteiger partial charge in [0.2, 0.25) is 0 Å². The van der Waals surface area contributed by atoms with Crippen molar-refractivity contribution in [2.24, 2.45) is 5.73 Å². The third-order valence-corrected chi connectivity index (χ3v) is 6.50. The minimum absolute atomic E-state index is 0.0476. The Kier molecular flexibility index (Phi) is 5.60. The van der Waals surface area contributed by atoms with Gasteiger partial charge in [-0.2, -0.15) is 0 Å². The lowest BCUT2D eigenvalue weighted by Crippen LogP contribution is -2.76. The molecule has 2 atom stereocenters. The van der Waals surface area contributed by atoms with E-state index in [0.717, 1.165) is 28.1 Å². The zero-order valence-electron chi connectivity index (χ0n) is 16.0. The summed E-state index contributed by atoms with van der Waals surface area (Å²) in [6, 6.07) is 12.2. The van der Waals surface area contributed by atoms with Crippen LogP contribution in [-0.2, 0) is 5.41 Å². The second kappa shape index (κ2) is 7.76. The van der Waals surface area contributed by atoms with Gasteiger partial charge in [-0.3, -0.25) is 4.79 Å². The average Bonchev–Trinajstić information content (AvgIpc) is 3.27. The Morgan fingerprint density at radius 1 is 1.44 bits per heavy atom. The maximum absolute atomic E-state index is 12.8. The van der Waals surface area contributed by atoms with Crippen LogP contribution in [-0.4, -0.2) is 31.8 Å². The smallest absolute Gasteiger partial charge is 0.261 e. The van der Waals surface area contributed by atoms with Crippen molar-refractivity contribution in [3.05, 3.63) is 62.9 Å². The number of quaternary nitrogens is 1. The molecule has 0 saturated heterocycles. The summed E-state index contributed by atoms with van der Waals surface area (Å²) >= 11 is 1.49. The molecule has 0 spiro atoms. The highest BCUT2D eigenvalue weighted by Crippen LogP contribution is 2.47. The summed E-state index contributed by atoms with van der Waals surface area (Å²) in [6.07, 6.45) is 2.23. The molecule has 5 nitrogen and oxygen atoms in total. The number of hydrogen-bond donors (Lipinski definition) is 4. The molecule has 1 aliphatic rings. The number of aryl methyl sites for hydroxylation is 1. The van der Waals surface area contributed by atoms with Crippen molar-refractivity contribution in [2.45, 2.75) is 31.7 Å². The lowest BCUT2D eigenvalue weighted by molar-refractivity contribution is -0.530. The molecular formula is C21H27N4OS+. The molecule has 0 aliphatic heterocycles. The van der Waals surface area contributed by atoms with Gasteiger partial charge in [-0.05, 0) is 31.9 Å². The second-order valence-electron chi connectivity index (χ2n) is 7.07. The van der Waals surface area contributed by atoms with Gasteiger partial charge < -0.3 is 21.8 Å². The molecule has 3 rings (SSSR count). The van der Waals surface area contributed by atoms with E-state index in [2.05, 4.69) is 17.4 Å². The van der Waals surface area contributed by atoms with Gasteiger partial charge in [0.15, 0.2) is 0 Å². The molecule has 6 N–H and O–H groups in total. The summed E-state index contributed by atoms with van der Waals surface area (Å²) in [5.74, 6) is -0.0476. The van der Waals surface area contributed by atoms with E-state index in [-0.39, 0.29) is 17.4 Å². The summed E-state index contributed by atoms with van der Waals surface area (Å²) in [7, 11) is 1.96. The Morgan fingerprint density at radius 2 is 2.15 bits per heavy atom. The minimum Gasteiger partial charge on any atom is -0.348 e. The molecule has 2 aromatic rings. The normalized spacial score (nSPS) is 22.1. The fourth-order valence-corrected chi connectivity index (χ4v) is 4.63. The molecule has 1 aliphatic carbocycles. The average molecular weight is 384 g/mol. The first kappa shape index (κ1) is 19.5. The van der Waals surface area contributed by atoms with Gasteiger partial charge in [0, 0.05) is 34.7 Å². The first-order valence-electron chi connectivity index (χ1n) is 9.14. The molecule has 2 unspecified atom stereocenters. The maximum atomic E-state index is 12.8. The number of benzene rings is 1. The van der Waals surface area contributed by atoms with E-state index >= 15 is 0 Å². The molecule has 1 aromatic carbocycles. The van der Waals surface area contributed by atoms with Crippen molar-refractivity contribution < 1.29 is 10.1 Å². The number of hydrogen-bond acceptors (Lipinski definition) is 4. The topological polar surface area (TPSA) is 95.6 Å². The van der Waals surface area contributed by atoms with Gasteiger partial charge in [0.1, 0.15) is 5.70 Å². The van der Waals surface area contributed by atoms with Crippen molar-refractivity contribution in [3.63, 3.8) is 0 Å². The number of thiophene rings is 1. The Bertz CT molecular complexity index is 887. The Morgan fingerprint density at radius 3 is 2.74 bits per heavy atom. The lowest BCUT2D eigenvalue weighted by atomic mass is 9.95. The fourth-order valence-electron chi connectivity index (χ4n) is 3.69. The van der Waals surface area contributed by atoms with Gasteiger partial charge in [-0.25, -0.2) is 0 Å². The van der Waals surface area contributed by atoms with Gasteiger partial charge in [-0.1, -0.05) is 30.3 Å². The summed E-state index contributed by atoms with van der Waals surface area (Å²) < 4.78 is 0.